The molecular weight excluding hydrogens is 306 g/mol. The lowest BCUT2D eigenvalue weighted by Gasteiger charge is -2.29. The molecular formula is C18H21N3O3. The van der Waals surface area contributed by atoms with Crippen LogP contribution < -0.4 is 0 Å². The first kappa shape index (κ1) is 16.2. The Labute approximate surface area is 140 Å². The lowest BCUT2D eigenvalue weighted by atomic mass is 9.96. The molecule has 0 saturated heterocycles. The average Bonchev–Trinajstić information content (AvgIpc) is 2.95. The van der Waals surface area contributed by atoms with E-state index >= 15 is 0 Å². The molecule has 1 aromatic heterocycles. The first-order chi connectivity index (χ1) is 11.5. The van der Waals surface area contributed by atoms with Crippen LogP contribution in [0.1, 0.15) is 23.5 Å². The van der Waals surface area contributed by atoms with E-state index in [1.807, 2.05) is 43.5 Å². The van der Waals surface area contributed by atoms with Gasteiger partial charge >= 0.3 is 5.97 Å². The molecule has 0 spiro atoms. The fraction of sp³-hybridized carbons (Fsp3) is 0.389. The minimum absolute atomic E-state index is 0.0972. The van der Waals surface area contributed by atoms with Crippen LogP contribution in [0.15, 0.2) is 36.5 Å². The molecule has 1 atom stereocenters. The molecule has 1 N–H and O–H groups in total. The average molecular weight is 327 g/mol. The van der Waals surface area contributed by atoms with Crippen LogP contribution in [0.25, 0.3) is 0 Å². The van der Waals surface area contributed by atoms with Crippen LogP contribution >= 0.6 is 0 Å². The first-order valence-corrected chi connectivity index (χ1v) is 8.10. The number of nitrogens with zero attached hydrogens (tertiary/aromatic N) is 3. The number of imidazole rings is 1. The Morgan fingerprint density at radius 1 is 1.33 bits per heavy atom. The van der Waals surface area contributed by atoms with Crippen molar-refractivity contribution in [2.24, 2.45) is 5.92 Å². The Morgan fingerprint density at radius 2 is 2.08 bits per heavy atom. The Hall–Kier alpha value is -2.63. The van der Waals surface area contributed by atoms with Crippen molar-refractivity contribution in [1.82, 2.24) is 14.5 Å². The highest BCUT2D eigenvalue weighted by atomic mass is 16.4. The molecule has 0 fully saturated rings. The lowest BCUT2D eigenvalue weighted by Crippen LogP contribution is -2.42. The normalized spacial score (nSPS) is 16.5. The molecule has 0 bridgehead atoms. The number of amides is 1. The highest BCUT2D eigenvalue weighted by molar-refractivity contribution is 5.83. The van der Waals surface area contributed by atoms with Crippen molar-refractivity contribution >= 4 is 11.9 Å². The van der Waals surface area contributed by atoms with Gasteiger partial charge < -0.3 is 14.6 Å². The van der Waals surface area contributed by atoms with E-state index in [-0.39, 0.29) is 18.4 Å². The van der Waals surface area contributed by atoms with Crippen LogP contribution in [0.3, 0.4) is 0 Å². The summed E-state index contributed by atoms with van der Waals surface area (Å²) in [5, 5.41) is 9.17. The molecule has 1 aliphatic rings. The largest absolute Gasteiger partial charge is 0.480 e. The van der Waals surface area contributed by atoms with Gasteiger partial charge in [-0.1, -0.05) is 30.3 Å². The first-order valence-electron chi connectivity index (χ1n) is 8.10. The molecule has 1 aromatic carbocycles. The van der Waals surface area contributed by atoms with E-state index in [0.717, 1.165) is 29.9 Å². The molecule has 0 radical (unpaired) electrons. The summed E-state index contributed by atoms with van der Waals surface area (Å²) < 4.78 is 2.06. The monoisotopic (exact) mass is 327 g/mol. The fourth-order valence-corrected chi connectivity index (χ4v) is 3.24. The number of hydrogen-bond acceptors (Lipinski definition) is 3. The van der Waals surface area contributed by atoms with Crippen molar-refractivity contribution in [3.05, 3.63) is 53.6 Å². The Bertz CT molecular complexity index is 739. The maximum absolute atomic E-state index is 12.9. The maximum Gasteiger partial charge on any atom is 0.323 e. The van der Waals surface area contributed by atoms with Gasteiger partial charge in [0.25, 0.3) is 0 Å². The minimum Gasteiger partial charge on any atom is -0.480 e. The molecule has 126 valence electrons. The van der Waals surface area contributed by atoms with Crippen molar-refractivity contribution in [3.8, 4) is 0 Å². The van der Waals surface area contributed by atoms with Gasteiger partial charge in [-0.15, -0.1) is 0 Å². The number of carbonyl (C=O) groups is 2. The zero-order valence-electron chi connectivity index (χ0n) is 13.7. The van der Waals surface area contributed by atoms with E-state index in [1.165, 1.54) is 4.90 Å². The summed E-state index contributed by atoms with van der Waals surface area (Å²) in [5.41, 5.74) is 2.08. The number of carboxylic acids is 1. The fourth-order valence-electron chi connectivity index (χ4n) is 3.24. The lowest BCUT2D eigenvalue weighted by molar-refractivity contribution is -0.147. The Balaban J connectivity index is 1.76. The second kappa shape index (κ2) is 6.86. The van der Waals surface area contributed by atoms with Crippen LogP contribution in [0, 0.1) is 12.8 Å². The summed E-state index contributed by atoms with van der Waals surface area (Å²) in [6.07, 6.45) is 3.38. The zero-order chi connectivity index (χ0) is 17.1. The number of aliphatic carboxylic acids is 1. The van der Waals surface area contributed by atoms with Gasteiger partial charge in [0.15, 0.2) is 0 Å². The summed E-state index contributed by atoms with van der Waals surface area (Å²) in [7, 11) is 0. The van der Waals surface area contributed by atoms with Crippen molar-refractivity contribution in [2.45, 2.75) is 32.9 Å². The van der Waals surface area contributed by atoms with E-state index in [4.69, 9.17) is 5.11 Å². The quantitative estimate of drug-likeness (QED) is 0.909. The van der Waals surface area contributed by atoms with E-state index in [0.29, 0.717) is 13.1 Å². The highest BCUT2D eigenvalue weighted by Crippen LogP contribution is 2.23. The number of carbonyl (C=O) groups excluding carboxylic acids is 1. The molecule has 0 saturated carbocycles. The van der Waals surface area contributed by atoms with E-state index in [2.05, 4.69) is 9.55 Å². The van der Waals surface area contributed by atoms with Crippen molar-refractivity contribution in [3.63, 3.8) is 0 Å². The number of hydrogen-bond donors (Lipinski definition) is 1. The van der Waals surface area contributed by atoms with Gasteiger partial charge in [-0.05, 0) is 25.3 Å². The van der Waals surface area contributed by atoms with Gasteiger partial charge in [-0.25, -0.2) is 4.98 Å². The molecule has 6 heteroatoms. The second-order valence-corrected chi connectivity index (χ2v) is 6.22. The zero-order valence-corrected chi connectivity index (χ0v) is 13.7. The predicted octanol–water partition coefficient (Wildman–Crippen LogP) is 1.87. The standard InChI is InChI=1S/C18H21N3O3/c1-13-19-9-16-8-7-15(11-21(13)16)18(24)20(12-17(22)23)10-14-5-3-2-4-6-14/h2-6,9,15H,7-8,10-12H2,1H3,(H,22,23). The molecule has 24 heavy (non-hydrogen) atoms. The van der Waals surface area contributed by atoms with Gasteiger partial charge in [0.1, 0.15) is 12.4 Å². The SMILES string of the molecule is Cc1ncc2n1CC(C(=O)N(CC(=O)O)Cc1ccccc1)CC2. The third kappa shape index (κ3) is 3.48. The summed E-state index contributed by atoms with van der Waals surface area (Å²) >= 11 is 0. The molecule has 1 amide bonds. The molecule has 2 heterocycles. The van der Waals surface area contributed by atoms with Crippen LogP contribution in [0.4, 0.5) is 0 Å². The summed E-state index contributed by atoms with van der Waals surface area (Å²) in [6.45, 7) is 2.54. The number of rotatable bonds is 5. The Kier molecular flexibility index (Phi) is 4.64. The molecule has 3 rings (SSSR count). The Morgan fingerprint density at radius 3 is 2.79 bits per heavy atom. The van der Waals surface area contributed by atoms with Gasteiger partial charge in [0, 0.05) is 25.0 Å². The van der Waals surface area contributed by atoms with E-state index in [1.54, 1.807) is 0 Å². The van der Waals surface area contributed by atoms with Crippen molar-refractivity contribution in [1.29, 1.82) is 0 Å². The number of aromatic nitrogens is 2. The summed E-state index contributed by atoms with van der Waals surface area (Å²) in [6, 6.07) is 9.49. The van der Waals surface area contributed by atoms with Gasteiger partial charge in [-0.2, -0.15) is 0 Å². The third-order valence-corrected chi connectivity index (χ3v) is 4.49. The topological polar surface area (TPSA) is 75.4 Å². The molecule has 1 aliphatic heterocycles. The molecule has 1 unspecified atom stereocenters. The van der Waals surface area contributed by atoms with Gasteiger partial charge in [0.05, 0.1) is 5.92 Å². The van der Waals surface area contributed by atoms with Crippen LogP contribution in [0.5, 0.6) is 0 Å². The van der Waals surface area contributed by atoms with Crippen LogP contribution in [0.2, 0.25) is 0 Å². The molecule has 6 nitrogen and oxygen atoms in total. The van der Waals surface area contributed by atoms with E-state index < -0.39 is 5.97 Å². The van der Waals surface area contributed by atoms with Gasteiger partial charge in [0.2, 0.25) is 5.91 Å². The van der Waals surface area contributed by atoms with Crippen LogP contribution in [-0.2, 0) is 29.1 Å². The second-order valence-electron chi connectivity index (χ2n) is 6.22. The number of carboxylic acid groups (broad SMARTS) is 1. The summed E-state index contributed by atoms with van der Waals surface area (Å²) in [4.78, 5) is 29.8. The molecule has 0 aliphatic carbocycles. The predicted molar refractivity (Wildman–Crippen MR) is 88.3 cm³/mol. The van der Waals surface area contributed by atoms with Crippen molar-refractivity contribution < 1.29 is 14.7 Å². The molecule has 2 aromatic rings. The minimum atomic E-state index is -0.991. The number of aryl methyl sites for hydroxylation is 2. The van der Waals surface area contributed by atoms with Crippen molar-refractivity contribution in [2.75, 3.05) is 6.54 Å². The maximum atomic E-state index is 12.9. The number of fused-ring (bicyclic) bond motifs is 1. The summed E-state index contributed by atoms with van der Waals surface area (Å²) in [5.74, 6) is -0.390. The van der Waals surface area contributed by atoms with Gasteiger partial charge in [-0.3, -0.25) is 9.59 Å². The smallest absolute Gasteiger partial charge is 0.323 e. The highest BCUT2D eigenvalue weighted by Gasteiger charge is 2.30. The number of benzene rings is 1. The van der Waals surface area contributed by atoms with Crippen LogP contribution in [-0.4, -0.2) is 38.0 Å². The van der Waals surface area contributed by atoms with E-state index in [9.17, 15) is 9.59 Å². The third-order valence-electron chi connectivity index (χ3n) is 4.49.